The summed E-state index contributed by atoms with van der Waals surface area (Å²) in [6, 6.07) is 9.29. The molecule has 0 radical (unpaired) electrons. The predicted octanol–water partition coefficient (Wildman–Crippen LogP) is 2.71. The Bertz CT molecular complexity index is 1030. The van der Waals surface area contributed by atoms with E-state index in [1.807, 2.05) is 6.07 Å². The van der Waals surface area contributed by atoms with Crippen molar-refractivity contribution in [2.45, 2.75) is 0 Å². The van der Waals surface area contributed by atoms with E-state index in [2.05, 4.69) is 10.3 Å². The molecule has 3 N–H and O–H groups in total. The Morgan fingerprint density at radius 2 is 2.00 bits per heavy atom. The molecule has 4 rings (SSSR count). The summed E-state index contributed by atoms with van der Waals surface area (Å²) in [6.45, 7) is 0.173. The molecule has 0 atom stereocenters. The third kappa shape index (κ3) is 3.44. The lowest BCUT2D eigenvalue weighted by Crippen LogP contribution is -2.19. The highest BCUT2D eigenvalue weighted by Gasteiger charge is 2.24. The van der Waals surface area contributed by atoms with Crippen LogP contribution in [0, 0.1) is 0 Å². The number of aliphatic imine (C=N–C) groups is 1. The molecule has 0 saturated carbocycles. The summed E-state index contributed by atoms with van der Waals surface area (Å²) < 4.78 is 10.6. The van der Waals surface area contributed by atoms with E-state index in [-0.39, 0.29) is 24.0 Å². The molecular formula is C18H12N2O6S. The first-order valence-corrected chi connectivity index (χ1v) is 8.57. The van der Waals surface area contributed by atoms with E-state index >= 15 is 0 Å². The second-order valence-corrected chi connectivity index (χ2v) is 6.63. The van der Waals surface area contributed by atoms with Gasteiger partial charge in [0.25, 0.3) is 5.91 Å². The number of ether oxygens (including phenoxy) is 2. The average molecular weight is 384 g/mol. The van der Waals surface area contributed by atoms with E-state index in [1.54, 1.807) is 18.2 Å². The second kappa shape index (κ2) is 6.69. The van der Waals surface area contributed by atoms with Crippen molar-refractivity contribution in [2.75, 3.05) is 6.79 Å². The van der Waals surface area contributed by atoms with Crippen LogP contribution in [0.1, 0.15) is 15.9 Å². The lowest BCUT2D eigenvalue weighted by molar-refractivity contribution is -0.115. The van der Waals surface area contributed by atoms with E-state index in [4.69, 9.17) is 14.6 Å². The molecule has 2 aromatic carbocycles. The normalized spacial score (nSPS) is 18.1. The van der Waals surface area contributed by atoms with Gasteiger partial charge in [-0.15, -0.1) is 0 Å². The van der Waals surface area contributed by atoms with Crippen LogP contribution in [-0.2, 0) is 4.79 Å². The molecule has 2 aromatic rings. The Kier molecular flexibility index (Phi) is 4.21. The number of nitrogens with one attached hydrogen (secondary N) is 1. The molecule has 2 aliphatic heterocycles. The summed E-state index contributed by atoms with van der Waals surface area (Å²) in [5.41, 5.74) is 0.815. The zero-order valence-corrected chi connectivity index (χ0v) is 14.4. The van der Waals surface area contributed by atoms with E-state index in [9.17, 15) is 14.7 Å². The summed E-state index contributed by atoms with van der Waals surface area (Å²) in [6.07, 6.45) is 1.70. The second-order valence-electron chi connectivity index (χ2n) is 5.60. The number of carboxylic acids is 1. The van der Waals surface area contributed by atoms with E-state index < -0.39 is 5.97 Å². The van der Waals surface area contributed by atoms with Gasteiger partial charge in [0.1, 0.15) is 11.3 Å². The fourth-order valence-corrected chi connectivity index (χ4v) is 3.36. The van der Waals surface area contributed by atoms with Gasteiger partial charge in [-0.3, -0.25) is 4.79 Å². The number of nitrogens with zero attached hydrogens (tertiary/aromatic N) is 1. The number of benzene rings is 2. The van der Waals surface area contributed by atoms with Crippen LogP contribution < -0.4 is 14.8 Å². The van der Waals surface area contributed by atoms with E-state index in [0.29, 0.717) is 27.3 Å². The van der Waals surface area contributed by atoms with Crippen LogP contribution in [0.5, 0.6) is 17.2 Å². The molecule has 0 spiro atoms. The van der Waals surface area contributed by atoms with Crippen LogP contribution in [0.2, 0.25) is 0 Å². The van der Waals surface area contributed by atoms with Gasteiger partial charge >= 0.3 is 5.97 Å². The molecule has 27 heavy (non-hydrogen) atoms. The topological polar surface area (TPSA) is 117 Å². The summed E-state index contributed by atoms with van der Waals surface area (Å²) in [7, 11) is 0. The van der Waals surface area contributed by atoms with Gasteiger partial charge in [-0.05, 0) is 53.7 Å². The van der Waals surface area contributed by atoms with Gasteiger partial charge in [0.05, 0.1) is 10.6 Å². The molecule has 0 unspecified atom stereocenters. The number of hydrogen-bond donors (Lipinski definition) is 3. The smallest absolute Gasteiger partial charge is 0.339 e. The van der Waals surface area contributed by atoms with Crippen molar-refractivity contribution in [3.8, 4) is 17.2 Å². The van der Waals surface area contributed by atoms with Crippen molar-refractivity contribution < 1.29 is 29.3 Å². The number of fused-ring (bicyclic) bond motifs is 1. The molecule has 0 aliphatic carbocycles. The van der Waals surface area contributed by atoms with Gasteiger partial charge in [-0.1, -0.05) is 6.07 Å². The van der Waals surface area contributed by atoms with Crippen molar-refractivity contribution in [1.29, 1.82) is 0 Å². The number of amidine groups is 1. The number of thioether (sulfide) groups is 1. The predicted molar refractivity (Wildman–Crippen MR) is 98.4 cm³/mol. The number of hydrogen-bond acceptors (Lipinski definition) is 7. The van der Waals surface area contributed by atoms with E-state index in [1.165, 1.54) is 18.2 Å². The van der Waals surface area contributed by atoms with E-state index in [0.717, 1.165) is 17.3 Å². The maximum atomic E-state index is 12.2. The van der Waals surface area contributed by atoms with Crippen molar-refractivity contribution in [1.82, 2.24) is 5.32 Å². The Hall–Kier alpha value is -3.46. The van der Waals surface area contributed by atoms with Crippen LogP contribution in [0.25, 0.3) is 6.08 Å². The van der Waals surface area contributed by atoms with Gasteiger partial charge < -0.3 is 25.0 Å². The maximum Gasteiger partial charge on any atom is 0.339 e. The Morgan fingerprint density at radius 3 is 2.81 bits per heavy atom. The largest absolute Gasteiger partial charge is 0.507 e. The summed E-state index contributed by atoms with van der Waals surface area (Å²) in [4.78, 5) is 27.9. The molecule has 2 aliphatic rings. The number of carboxylic acid groups (broad SMARTS) is 1. The SMILES string of the molecule is O=C1NC(=Nc2ccc(O)c(C(=O)O)c2)S/C1=C\c1ccc2c(c1)OCO2. The number of carbonyl (C=O) groups is 2. The molecule has 1 saturated heterocycles. The first-order chi connectivity index (χ1) is 13.0. The number of aromatic carboxylic acids is 1. The lowest BCUT2D eigenvalue weighted by Gasteiger charge is -2.01. The first-order valence-electron chi connectivity index (χ1n) is 7.75. The molecular weight excluding hydrogens is 372 g/mol. The average Bonchev–Trinajstić information content (AvgIpc) is 3.22. The number of rotatable bonds is 3. The molecule has 0 bridgehead atoms. The highest BCUT2D eigenvalue weighted by atomic mass is 32.2. The Morgan fingerprint density at radius 1 is 1.19 bits per heavy atom. The van der Waals surface area contributed by atoms with Crippen molar-refractivity contribution in [2.24, 2.45) is 4.99 Å². The number of amides is 1. The molecule has 8 nitrogen and oxygen atoms in total. The van der Waals surface area contributed by atoms with Crippen LogP contribution >= 0.6 is 11.8 Å². The van der Waals surface area contributed by atoms with Gasteiger partial charge in [-0.2, -0.15) is 0 Å². The monoisotopic (exact) mass is 384 g/mol. The van der Waals surface area contributed by atoms with Gasteiger partial charge in [0.2, 0.25) is 6.79 Å². The number of aromatic hydroxyl groups is 1. The minimum absolute atomic E-state index is 0.173. The molecule has 1 fully saturated rings. The van der Waals surface area contributed by atoms with Crippen LogP contribution in [0.15, 0.2) is 46.3 Å². The Labute approximate surface area is 157 Å². The van der Waals surface area contributed by atoms with Crippen molar-refractivity contribution in [3.05, 3.63) is 52.4 Å². The van der Waals surface area contributed by atoms with Crippen LogP contribution in [0.4, 0.5) is 5.69 Å². The summed E-state index contributed by atoms with van der Waals surface area (Å²) >= 11 is 1.13. The van der Waals surface area contributed by atoms with Gasteiger partial charge in [0.15, 0.2) is 16.7 Å². The maximum absolute atomic E-state index is 12.2. The minimum Gasteiger partial charge on any atom is -0.507 e. The molecule has 0 aromatic heterocycles. The summed E-state index contributed by atoms with van der Waals surface area (Å²) in [5.74, 6) is -0.649. The lowest BCUT2D eigenvalue weighted by atomic mass is 10.2. The Balaban J connectivity index is 1.58. The van der Waals surface area contributed by atoms with Crippen molar-refractivity contribution in [3.63, 3.8) is 0 Å². The quantitative estimate of drug-likeness (QED) is 0.697. The zero-order chi connectivity index (χ0) is 19.0. The fraction of sp³-hybridized carbons (Fsp3) is 0.0556. The molecule has 2 heterocycles. The number of carbonyl (C=O) groups excluding carboxylic acids is 1. The molecule has 1 amide bonds. The highest BCUT2D eigenvalue weighted by molar-refractivity contribution is 8.18. The van der Waals surface area contributed by atoms with Crippen LogP contribution in [0.3, 0.4) is 0 Å². The third-order valence-electron chi connectivity index (χ3n) is 3.79. The number of phenols is 1. The first kappa shape index (κ1) is 17.0. The fourth-order valence-electron chi connectivity index (χ4n) is 2.52. The highest BCUT2D eigenvalue weighted by Crippen LogP contribution is 2.35. The standard InChI is InChI=1S/C18H12N2O6S/c21-12-3-2-10(7-11(12)17(23)24)19-18-20-16(22)15(27-18)6-9-1-4-13-14(5-9)26-8-25-13/h1-7,21H,8H2,(H,23,24)(H,19,20,22)/b15-6-. The zero-order valence-electron chi connectivity index (χ0n) is 13.6. The molecule has 9 heteroatoms. The van der Waals surface area contributed by atoms with Gasteiger partial charge in [-0.25, -0.2) is 9.79 Å². The summed E-state index contributed by atoms with van der Waals surface area (Å²) in [5, 5.41) is 21.5. The van der Waals surface area contributed by atoms with Crippen LogP contribution in [-0.4, -0.2) is 34.1 Å². The van der Waals surface area contributed by atoms with Gasteiger partial charge in [0, 0.05) is 0 Å². The minimum atomic E-state index is -1.26. The third-order valence-corrected chi connectivity index (χ3v) is 4.70. The molecule has 136 valence electrons. The van der Waals surface area contributed by atoms with Crippen molar-refractivity contribution >= 4 is 40.6 Å².